The standard InChI is InChI=1S/C19H21Cl2N3O/c1-11-18(12-6-8-24(11)9-7-12)23-19(25)17-5-4-16(22-17)14-3-2-13(20)10-15(14)21/h2-5,10-12,18,22H,6-9H2,1H3,(H,23,25). The van der Waals surface area contributed by atoms with E-state index >= 15 is 0 Å². The van der Waals surface area contributed by atoms with E-state index in [4.69, 9.17) is 23.2 Å². The molecule has 3 aliphatic heterocycles. The Labute approximate surface area is 157 Å². The summed E-state index contributed by atoms with van der Waals surface area (Å²) in [7, 11) is 0. The largest absolute Gasteiger partial charge is 0.351 e. The molecule has 2 atom stereocenters. The third-order valence-corrected chi connectivity index (χ3v) is 6.18. The quantitative estimate of drug-likeness (QED) is 0.841. The van der Waals surface area contributed by atoms with E-state index in [0.717, 1.165) is 24.3 Å². The number of nitrogens with one attached hydrogen (secondary N) is 2. The zero-order chi connectivity index (χ0) is 17.6. The van der Waals surface area contributed by atoms with Crippen LogP contribution in [0.3, 0.4) is 0 Å². The molecule has 4 heterocycles. The Morgan fingerprint density at radius 2 is 1.96 bits per heavy atom. The highest BCUT2D eigenvalue weighted by atomic mass is 35.5. The lowest BCUT2D eigenvalue weighted by molar-refractivity contribution is 0.0216. The molecule has 0 aliphatic carbocycles. The molecule has 5 rings (SSSR count). The fourth-order valence-electron chi connectivity index (χ4n) is 4.17. The molecule has 0 saturated carbocycles. The highest BCUT2D eigenvalue weighted by Gasteiger charge is 2.40. The van der Waals surface area contributed by atoms with Gasteiger partial charge in [0, 0.05) is 28.4 Å². The van der Waals surface area contributed by atoms with E-state index in [0.29, 0.717) is 27.7 Å². The number of H-pyrrole nitrogens is 1. The van der Waals surface area contributed by atoms with E-state index < -0.39 is 0 Å². The number of benzene rings is 1. The number of halogens is 2. The van der Waals surface area contributed by atoms with Crippen molar-refractivity contribution in [1.29, 1.82) is 0 Å². The van der Waals surface area contributed by atoms with Crippen molar-refractivity contribution in [2.24, 2.45) is 5.92 Å². The van der Waals surface area contributed by atoms with Crippen molar-refractivity contribution in [2.45, 2.75) is 31.8 Å². The lowest BCUT2D eigenvalue weighted by Crippen LogP contribution is -2.62. The van der Waals surface area contributed by atoms with Crippen LogP contribution in [0.15, 0.2) is 30.3 Å². The van der Waals surface area contributed by atoms with Gasteiger partial charge in [0.1, 0.15) is 5.69 Å². The molecule has 1 amide bonds. The molecule has 0 radical (unpaired) electrons. The number of piperidine rings is 3. The molecule has 2 N–H and O–H groups in total. The maximum absolute atomic E-state index is 12.7. The van der Waals surface area contributed by atoms with Crippen molar-refractivity contribution in [1.82, 2.24) is 15.2 Å². The minimum atomic E-state index is -0.0538. The third-order valence-electron chi connectivity index (χ3n) is 5.63. The normalized spacial score (nSPS) is 28.1. The molecule has 132 valence electrons. The second-order valence-electron chi connectivity index (χ2n) is 7.02. The smallest absolute Gasteiger partial charge is 0.267 e. The van der Waals surface area contributed by atoms with Gasteiger partial charge in [0.15, 0.2) is 0 Å². The van der Waals surface area contributed by atoms with Crippen molar-refractivity contribution >= 4 is 29.1 Å². The van der Waals surface area contributed by atoms with Crippen LogP contribution in [0.5, 0.6) is 0 Å². The van der Waals surface area contributed by atoms with Gasteiger partial charge in [0.25, 0.3) is 5.91 Å². The summed E-state index contributed by atoms with van der Waals surface area (Å²) >= 11 is 12.2. The molecule has 6 heteroatoms. The Balaban J connectivity index is 1.51. The first-order valence-electron chi connectivity index (χ1n) is 8.72. The van der Waals surface area contributed by atoms with Gasteiger partial charge in [0.05, 0.1) is 5.02 Å². The van der Waals surface area contributed by atoms with Gasteiger partial charge in [-0.1, -0.05) is 23.2 Å². The van der Waals surface area contributed by atoms with Gasteiger partial charge in [-0.3, -0.25) is 9.69 Å². The van der Waals surface area contributed by atoms with Gasteiger partial charge >= 0.3 is 0 Å². The van der Waals surface area contributed by atoms with Gasteiger partial charge in [-0.2, -0.15) is 0 Å². The number of carbonyl (C=O) groups excluding carboxylic acids is 1. The molecule has 1 aromatic carbocycles. The first kappa shape index (κ1) is 17.0. The molecular weight excluding hydrogens is 357 g/mol. The zero-order valence-corrected chi connectivity index (χ0v) is 15.6. The first-order valence-corrected chi connectivity index (χ1v) is 9.48. The topological polar surface area (TPSA) is 48.1 Å². The maximum Gasteiger partial charge on any atom is 0.267 e. The van der Waals surface area contributed by atoms with Crippen LogP contribution in [-0.4, -0.2) is 41.0 Å². The molecular formula is C19H21Cl2N3O. The van der Waals surface area contributed by atoms with E-state index in [-0.39, 0.29) is 11.9 Å². The number of rotatable bonds is 3. The molecule has 2 unspecified atom stereocenters. The van der Waals surface area contributed by atoms with Crippen molar-refractivity contribution < 1.29 is 4.79 Å². The molecule has 25 heavy (non-hydrogen) atoms. The molecule has 4 nitrogen and oxygen atoms in total. The number of hydrogen-bond acceptors (Lipinski definition) is 2. The number of aromatic nitrogens is 1. The average Bonchev–Trinajstić information content (AvgIpc) is 3.08. The predicted molar refractivity (Wildman–Crippen MR) is 101 cm³/mol. The number of fused-ring (bicyclic) bond motifs is 3. The van der Waals surface area contributed by atoms with E-state index in [2.05, 4.69) is 22.1 Å². The summed E-state index contributed by atoms with van der Waals surface area (Å²) in [5, 5.41) is 4.39. The highest BCUT2D eigenvalue weighted by molar-refractivity contribution is 6.36. The van der Waals surface area contributed by atoms with Gasteiger partial charge < -0.3 is 10.3 Å². The molecule has 2 bridgehead atoms. The van der Waals surface area contributed by atoms with E-state index in [1.807, 2.05) is 18.2 Å². The van der Waals surface area contributed by atoms with Crippen LogP contribution < -0.4 is 5.32 Å². The number of amides is 1. The van der Waals surface area contributed by atoms with Crippen molar-refractivity contribution in [2.75, 3.05) is 13.1 Å². The Kier molecular flexibility index (Phi) is 4.52. The van der Waals surface area contributed by atoms with Crippen LogP contribution in [0, 0.1) is 5.92 Å². The molecule has 3 saturated heterocycles. The predicted octanol–water partition coefficient (Wildman–Crippen LogP) is 4.20. The Morgan fingerprint density at radius 3 is 2.64 bits per heavy atom. The minimum Gasteiger partial charge on any atom is -0.351 e. The van der Waals surface area contributed by atoms with Crippen LogP contribution in [0.4, 0.5) is 0 Å². The van der Waals surface area contributed by atoms with Gasteiger partial charge in [-0.25, -0.2) is 0 Å². The fraction of sp³-hybridized carbons (Fsp3) is 0.421. The van der Waals surface area contributed by atoms with Crippen molar-refractivity contribution in [3.8, 4) is 11.3 Å². The number of hydrogen-bond donors (Lipinski definition) is 2. The summed E-state index contributed by atoms with van der Waals surface area (Å²) in [6, 6.07) is 9.66. The highest BCUT2D eigenvalue weighted by Crippen LogP contribution is 2.33. The first-order chi connectivity index (χ1) is 12.0. The lowest BCUT2D eigenvalue weighted by atomic mass is 9.79. The van der Waals surface area contributed by atoms with E-state index in [1.54, 1.807) is 12.1 Å². The van der Waals surface area contributed by atoms with Crippen LogP contribution in [-0.2, 0) is 0 Å². The summed E-state index contributed by atoms with van der Waals surface area (Å²) in [5.41, 5.74) is 2.21. The third kappa shape index (κ3) is 3.19. The SMILES string of the molecule is CC1C(NC(=O)c2ccc(-c3ccc(Cl)cc3Cl)[nH]2)C2CCN1CC2. The number of nitrogens with zero attached hydrogens (tertiary/aromatic N) is 1. The van der Waals surface area contributed by atoms with E-state index in [9.17, 15) is 4.79 Å². The van der Waals surface area contributed by atoms with Crippen molar-refractivity contribution in [3.63, 3.8) is 0 Å². The Hall–Kier alpha value is -1.49. The summed E-state index contributed by atoms with van der Waals surface area (Å²) in [5.74, 6) is 0.533. The average molecular weight is 378 g/mol. The molecule has 0 spiro atoms. The minimum absolute atomic E-state index is 0.0538. The van der Waals surface area contributed by atoms with Crippen LogP contribution in [0.25, 0.3) is 11.3 Å². The maximum atomic E-state index is 12.7. The van der Waals surface area contributed by atoms with Crippen LogP contribution in [0.1, 0.15) is 30.3 Å². The van der Waals surface area contributed by atoms with Crippen molar-refractivity contribution in [3.05, 3.63) is 46.1 Å². The van der Waals surface area contributed by atoms with Gasteiger partial charge in [0.2, 0.25) is 0 Å². The second-order valence-corrected chi connectivity index (χ2v) is 7.87. The monoisotopic (exact) mass is 377 g/mol. The Morgan fingerprint density at radius 1 is 1.20 bits per heavy atom. The molecule has 1 aromatic heterocycles. The van der Waals surface area contributed by atoms with Crippen LogP contribution >= 0.6 is 23.2 Å². The van der Waals surface area contributed by atoms with Crippen LogP contribution in [0.2, 0.25) is 10.0 Å². The van der Waals surface area contributed by atoms with Gasteiger partial charge in [-0.05, 0) is 69.1 Å². The summed E-state index contributed by atoms with van der Waals surface area (Å²) in [4.78, 5) is 18.4. The molecule has 2 aromatic rings. The molecule has 3 fully saturated rings. The summed E-state index contributed by atoms with van der Waals surface area (Å²) in [6.07, 6.45) is 2.34. The number of carbonyl (C=O) groups is 1. The lowest BCUT2D eigenvalue weighted by Gasteiger charge is -2.49. The van der Waals surface area contributed by atoms with Gasteiger partial charge in [-0.15, -0.1) is 0 Å². The summed E-state index contributed by atoms with van der Waals surface area (Å²) < 4.78 is 0. The molecule has 3 aliphatic rings. The fourth-order valence-corrected chi connectivity index (χ4v) is 4.68. The summed E-state index contributed by atoms with van der Waals surface area (Å²) in [6.45, 7) is 4.52. The second kappa shape index (κ2) is 6.67. The number of aromatic amines is 1. The Bertz CT molecular complexity index is 794. The zero-order valence-electron chi connectivity index (χ0n) is 14.1. The van der Waals surface area contributed by atoms with E-state index in [1.165, 1.54) is 12.8 Å².